The Morgan fingerprint density at radius 1 is 1.19 bits per heavy atom. The number of rotatable bonds is 1. The van der Waals surface area contributed by atoms with E-state index in [0.29, 0.717) is 0 Å². The molecule has 2 aromatic heterocycles. The molecule has 4 heteroatoms. The first-order valence-corrected chi connectivity index (χ1v) is 7.79. The highest BCUT2D eigenvalue weighted by molar-refractivity contribution is 7.16. The Morgan fingerprint density at radius 2 is 2.05 bits per heavy atom. The number of hydrogen-bond donors (Lipinski definition) is 0. The van der Waals surface area contributed by atoms with Crippen LogP contribution in [0.3, 0.4) is 0 Å². The topological polar surface area (TPSA) is 31.4 Å². The third-order valence-corrected chi connectivity index (χ3v) is 4.43. The molecule has 0 fully saturated rings. The van der Waals surface area contributed by atoms with Crippen molar-refractivity contribution < 1.29 is 9.47 Å². The highest BCUT2D eigenvalue weighted by Gasteiger charge is 2.35. The second-order valence-corrected chi connectivity index (χ2v) is 6.52. The minimum atomic E-state index is -0.650. The van der Waals surface area contributed by atoms with Crippen molar-refractivity contribution in [2.24, 2.45) is 0 Å². The predicted molar refractivity (Wildman–Crippen MR) is 83.7 cm³/mol. The molecular formula is C17H15NO2S. The number of pyridine rings is 1. The largest absolute Gasteiger partial charge is 0.463 e. The van der Waals surface area contributed by atoms with E-state index < -0.39 is 5.79 Å². The zero-order valence-electron chi connectivity index (χ0n) is 11.9. The lowest BCUT2D eigenvalue weighted by atomic mass is 9.99. The van der Waals surface area contributed by atoms with Crippen molar-refractivity contribution in [3.63, 3.8) is 0 Å². The number of fused-ring (bicyclic) bond motifs is 2. The van der Waals surface area contributed by atoms with Crippen molar-refractivity contribution in [1.82, 2.24) is 4.98 Å². The van der Waals surface area contributed by atoms with E-state index in [-0.39, 0.29) is 6.10 Å². The minimum absolute atomic E-state index is 0.151. The number of benzene rings is 1. The van der Waals surface area contributed by atoms with Crippen molar-refractivity contribution in [2.75, 3.05) is 0 Å². The summed E-state index contributed by atoms with van der Waals surface area (Å²) in [6.07, 6.45) is 1.75. The highest BCUT2D eigenvalue weighted by atomic mass is 32.1. The molecule has 1 aromatic carbocycles. The number of hydrogen-bond acceptors (Lipinski definition) is 4. The first-order chi connectivity index (χ1) is 10.1. The number of nitrogens with zero attached hydrogens (tertiary/aromatic N) is 1. The average Bonchev–Trinajstić information content (AvgIpc) is 2.92. The summed E-state index contributed by atoms with van der Waals surface area (Å²) in [5.74, 6) is 0.229. The van der Waals surface area contributed by atoms with Crippen molar-refractivity contribution in [3.8, 4) is 5.75 Å². The smallest absolute Gasteiger partial charge is 0.205 e. The van der Waals surface area contributed by atoms with E-state index in [2.05, 4.69) is 22.5 Å². The van der Waals surface area contributed by atoms with Crippen LogP contribution in [0.2, 0.25) is 0 Å². The summed E-state index contributed by atoms with van der Waals surface area (Å²) in [6, 6.07) is 12.3. The van der Waals surface area contributed by atoms with E-state index in [1.165, 1.54) is 0 Å². The molecule has 3 heterocycles. The predicted octanol–water partition coefficient (Wildman–Crippen LogP) is 4.53. The van der Waals surface area contributed by atoms with Crippen molar-refractivity contribution >= 4 is 21.6 Å². The van der Waals surface area contributed by atoms with E-state index in [9.17, 15) is 0 Å². The molecule has 0 radical (unpaired) electrons. The Hall–Kier alpha value is -1.91. The number of aromatic nitrogens is 1. The van der Waals surface area contributed by atoms with Gasteiger partial charge < -0.3 is 9.47 Å². The number of thiophene rings is 1. The summed E-state index contributed by atoms with van der Waals surface area (Å²) in [7, 11) is 0. The molecule has 1 unspecified atom stereocenters. The second-order valence-electron chi connectivity index (χ2n) is 5.62. The molecule has 0 amide bonds. The van der Waals surface area contributed by atoms with Crippen LogP contribution in [0, 0.1) is 0 Å². The SMILES string of the molecule is CC1(C)Oc2ccccc2C(c2cnc3sccc3c2)O1. The van der Waals surface area contributed by atoms with Gasteiger partial charge in [-0.25, -0.2) is 4.98 Å². The van der Waals surface area contributed by atoms with Crippen LogP contribution in [-0.4, -0.2) is 10.8 Å². The lowest BCUT2D eigenvalue weighted by molar-refractivity contribution is -0.196. The van der Waals surface area contributed by atoms with E-state index >= 15 is 0 Å². The third kappa shape index (κ3) is 2.20. The molecule has 1 aliphatic rings. The summed E-state index contributed by atoms with van der Waals surface area (Å²) in [4.78, 5) is 5.59. The molecule has 0 saturated heterocycles. The Morgan fingerprint density at radius 3 is 2.95 bits per heavy atom. The van der Waals surface area contributed by atoms with Crippen LogP contribution in [0.4, 0.5) is 0 Å². The molecule has 3 aromatic rings. The van der Waals surface area contributed by atoms with Gasteiger partial charge in [-0.05, 0) is 23.6 Å². The minimum Gasteiger partial charge on any atom is -0.463 e. The molecule has 0 N–H and O–H groups in total. The second kappa shape index (κ2) is 4.55. The Balaban J connectivity index is 1.86. The van der Waals surface area contributed by atoms with Gasteiger partial charge in [0.15, 0.2) is 0 Å². The quantitative estimate of drug-likeness (QED) is 0.661. The maximum atomic E-state index is 6.15. The van der Waals surface area contributed by atoms with Gasteiger partial charge >= 0.3 is 0 Å². The monoisotopic (exact) mass is 297 g/mol. The van der Waals surface area contributed by atoms with E-state index in [1.807, 2.05) is 44.3 Å². The molecule has 0 saturated carbocycles. The van der Waals surface area contributed by atoms with E-state index in [1.54, 1.807) is 11.3 Å². The molecule has 1 atom stereocenters. The van der Waals surface area contributed by atoms with Gasteiger partial charge in [0.25, 0.3) is 0 Å². The van der Waals surface area contributed by atoms with Crippen LogP contribution in [0.1, 0.15) is 31.1 Å². The third-order valence-electron chi connectivity index (χ3n) is 3.59. The number of ether oxygens (including phenoxy) is 2. The van der Waals surface area contributed by atoms with Crippen molar-refractivity contribution in [3.05, 3.63) is 59.1 Å². The zero-order valence-corrected chi connectivity index (χ0v) is 12.7. The normalized spacial score (nSPS) is 20.0. The van der Waals surface area contributed by atoms with Gasteiger partial charge in [0.05, 0.1) is 0 Å². The Kier molecular flexibility index (Phi) is 2.77. The van der Waals surface area contributed by atoms with E-state index in [4.69, 9.17) is 9.47 Å². The molecule has 1 aliphatic heterocycles. The van der Waals surface area contributed by atoms with Crippen LogP contribution in [0.5, 0.6) is 5.75 Å². The zero-order chi connectivity index (χ0) is 14.4. The molecular weight excluding hydrogens is 282 g/mol. The van der Waals surface area contributed by atoms with Gasteiger partial charge in [-0.3, -0.25) is 0 Å². The maximum Gasteiger partial charge on any atom is 0.205 e. The summed E-state index contributed by atoms with van der Waals surface area (Å²) in [6.45, 7) is 3.87. The van der Waals surface area contributed by atoms with Crippen LogP contribution in [0.15, 0.2) is 48.0 Å². The molecule has 0 aliphatic carbocycles. The molecule has 0 spiro atoms. The van der Waals surface area contributed by atoms with Crippen LogP contribution >= 0.6 is 11.3 Å². The summed E-state index contributed by atoms with van der Waals surface area (Å²) >= 11 is 1.65. The van der Waals surface area contributed by atoms with Gasteiger partial charge in [0.2, 0.25) is 5.79 Å². The lowest BCUT2D eigenvalue weighted by Crippen LogP contribution is -2.38. The standard InChI is InChI=1S/C17H15NO2S/c1-17(2)19-14-6-4-3-5-13(14)15(20-17)12-9-11-7-8-21-16(11)18-10-12/h3-10,15H,1-2H3. The van der Waals surface area contributed by atoms with Crippen LogP contribution in [0.25, 0.3) is 10.2 Å². The molecule has 4 rings (SSSR count). The van der Waals surface area contributed by atoms with Gasteiger partial charge in [0.1, 0.15) is 16.7 Å². The first-order valence-electron chi connectivity index (χ1n) is 6.91. The van der Waals surface area contributed by atoms with Crippen LogP contribution < -0.4 is 4.74 Å². The van der Waals surface area contributed by atoms with Gasteiger partial charge in [-0.2, -0.15) is 0 Å². The maximum absolute atomic E-state index is 6.15. The first kappa shape index (κ1) is 12.8. The van der Waals surface area contributed by atoms with Crippen molar-refractivity contribution in [1.29, 1.82) is 0 Å². The fourth-order valence-corrected chi connectivity index (χ4v) is 3.41. The summed E-state index contributed by atoms with van der Waals surface area (Å²) in [5.41, 5.74) is 2.11. The Bertz CT molecular complexity index is 809. The van der Waals surface area contributed by atoms with Gasteiger partial charge in [-0.1, -0.05) is 18.2 Å². The van der Waals surface area contributed by atoms with Gasteiger partial charge in [0, 0.05) is 36.6 Å². The van der Waals surface area contributed by atoms with Crippen LogP contribution in [-0.2, 0) is 4.74 Å². The van der Waals surface area contributed by atoms with Crippen molar-refractivity contribution in [2.45, 2.75) is 25.7 Å². The average molecular weight is 297 g/mol. The fourth-order valence-electron chi connectivity index (χ4n) is 2.69. The molecule has 3 nitrogen and oxygen atoms in total. The fraction of sp³-hybridized carbons (Fsp3) is 0.235. The van der Waals surface area contributed by atoms with Gasteiger partial charge in [-0.15, -0.1) is 11.3 Å². The highest BCUT2D eigenvalue weighted by Crippen LogP contribution is 2.42. The Labute approximate surface area is 127 Å². The van der Waals surface area contributed by atoms with E-state index in [0.717, 1.165) is 27.1 Å². The molecule has 0 bridgehead atoms. The lowest BCUT2D eigenvalue weighted by Gasteiger charge is -2.37. The molecule has 21 heavy (non-hydrogen) atoms. The summed E-state index contributed by atoms with van der Waals surface area (Å²) < 4.78 is 12.1. The molecule has 106 valence electrons. The summed E-state index contributed by atoms with van der Waals surface area (Å²) in [5, 5.41) is 3.22. The number of para-hydroxylation sites is 1.